The molecule has 0 aliphatic rings. The van der Waals surface area contributed by atoms with Crippen LogP contribution >= 0.6 is 0 Å². The number of aromatic nitrogens is 2. The molecular formula is C19H25N4O5S-. The Bertz CT molecular complexity index is 1150. The van der Waals surface area contributed by atoms with Gasteiger partial charge in [-0.25, -0.2) is 13.1 Å². The molecule has 3 aromatic rings. The molecule has 0 aliphatic heterocycles. The molecule has 9 nitrogen and oxygen atoms in total. The van der Waals surface area contributed by atoms with E-state index < -0.39 is 16.0 Å². The van der Waals surface area contributed by atoms with Crippen LogP contribution in [0.1, 0.15) is 19.8 Å². The number of rotatable bonds is 7. The van der Waals surface area contributed by atoms with E-state index in [0.717, 1.165) is 13.0 Å². The van der Waals surface area contributed by atoms with Gasteiger partial charge in [0.05, 0.1) is 4.90 Å². The molecule has 158 valence electrons. The lowest BCUT2D eigenvalue weighted by atomic mass is 10.1. The summed E-state index contributed by atoms with van der Waals surface area (Å²) in [7, 11) is 0.308. The van der Waals surface area contributed by atoms with Gasteiger partial charge < -0.3 is 24.8 Å². The standard InChI is InChI=1S/C16H20N4O3S.C3H6O2/c1-20(2)9-3-7-18-24(22,23)11-4-5-14-13(10-11)12-6-8-17-15(12)16(21)19-14;1-2-3(4)5/h4-6,8,10,17-18H,3,7,9H2,1-2H3,(H,19,21);2H2,1H3,(H,4,5)/p-1. The van der Waals surface area contributed by atoms with Gasteiger partial charge in [-0.05, 0) is 57.7 Å². The first-order valence-electron chi connectivity index (χ1n) is 9.13. The van der Waals surface area contributed by atoms with E-state index in [-0.39, 0.29) is 16.9 Å². The minimum atomic E-state index is -3.58. The lowest BCUT2D eigenvalue weighted by Crippen LogP contribution is -2.27. The predicted molar refractivity (Wildman–Crippen MR) is 110 cm³/mol. The van der Waals surface area contributed by atoms with Gasteiger partial charge in [0.2, 0.25) is 10.0 Å². The number of hydrogen-bond acceptors (Lipinski definition) is 6. The van der Waals surface area contributed by atoms with Crippen molar-refractivity contribution in [1.82, 2.24) is 19.6 Å². The van der Waals surface area contributed by atoms with Gasteiger partial charge in [-0.15, -0.1) is 0 Å². The third-order valence-electron chi connectivity index (χ3n) is 4.18. The van der Waals surface area contributed by atoms with Gasteiger partial charge in [-0.2, -0.15) is 0 Å². The maximum atomic E-state index is 12.5. The summed E-state index contributed by atoms with van der Waals surface area (Å²) in [5, 5.41) is 10.7. The van der Waals surface area contributed by atoms with Crippen molar-refractivity contribution >= 4 is 37.8 Å². The second-order valence-corrected chi connectivity index (χ2v) is 8.47. The molecule has 0 radical (unpaired) electrons. The highest BCUT2D eigenvalue weighted by atomic mass is 32.2. The number of aromatic amines is 2. The number of fused-ring (bicyclic) bond motifs is 3. The van der Waals surface area contributed by atoms with Crippen LogP contribution in [0.5, 0.6) is 0 Å². The van der Waals surface area contributed by atoms with E-state index in [1.165, 1.54) is 13.0 Å². The first-order chi connectivity index (χ1) is 13.7. The topological polar surface area (TPSA) is 138 Å². The molecule has 0 fully saturated rings. The van der Waals surface area contributed by atoms with Crippen LogP contribution in [0.4, 0.5) is 0 Å². The number of aliphatic carboxylic acids is 1. The lowest BCUT2D eigenvalue weighted by molar-refractivity contribution is -0.305. The number of nitrogens with one attached hydrogen (secondary N) is 3. The third-order valence-corrected chi connectivity index (χ3v) is 5.64. The van der Waals surface area contributed by atoms with Crippen molar-refractivity contribution in [1.29, 1.82) is 0 Å². The van der Waals surface area contributed by atoms with Crippen LogP contribution in [0.2, 0.25) is 0 Å². The van der Waals surface area contributed by atoms with Gasteiger partial charge in [0.15, 0.2) is 0 Å². The summed E-state index contributed by atoms with van der Waals surface area (Å²) < 4.78 is 27.5. The number of H-pyrrole nitrogens is 2. The maximum Gasteiger partial charge on any atom is 0.272 e. The van der Waals surface area contributed by atoms with E-state index in [1.54, 1.807) is 24.4 Å². The van der Waals surface area contributed by atoms with Crippen LogP contribution in [-0.4, -0.2) is 56.4 Å². The van der Waals surface area contributed by atoms with Crippen molar-refractivity contribution < 1.29 is 18.3 Å². The summed E-state index contributed by atoms with van der Waals surface area (Å²) in [5.74, 6) is -0.995. The number of carboxylic acids is 1. The molecule has 1 aromatic carbocycles. The Hall–Kier alpha value is -2.69. The van der Waals surface area contributed by atoms with Crippen LogP contribution in [0.25, 0.3) is 21.8 Å². The minimum Gasteiger partial charge on any atom is -0.550 e. The second kappa shape index (κ2) is 9.68. The van der Waals surface area contributed by atoms with E-state index >= 15 is 0 Å². The Morgan fingerprint density at radius 2 is 1.90 bits per heavy atom. The highest BCUT2D eigenvalue weighted by Crippen LogP contribution is 2.23. The van der Waals surface area contributed by atoms with Gasteiger partial charge in [-0.1, -0.05) is 6.92 Å². The van der Waals surface area contributed by atoms with Crippen molar-refractivity contribution in [3.63, 3.8) is 0 Å². The van der Waals surface area contributed by atoms with Crippen molar-refractivity contribution in [2.75, 3.05) is 27.2 Å². The zero-order valence-electron chi connectivity index (χ0n) is 16.6. The number of sulfonamides is 1. The summed E-state index contributed by atoms with van der Waals surface area (Å²) in [6, 6.07) is 6.49. The fourth-order valence-corrected chi connectivity index (χ4v) is 3.77. The summed E-state index contributed by atoms with van der Waals surface area (Å²) in [6.07, 6.45) is 2.51. The van der Waals surface area contributed by atoms with Crippen LogP contribution in [0.3, 0.4) is 0 Å². The Labute approximate surface area is 168 Å². The summed E-state index contributed by atoms with van der Waals surface area (Å²) >= 11 is 0. The van der Waals surface area contributed by atoms with Gasteiger partial charge >= 0.3 is 0 Å². The number of carbonyl (C=O) groups excluding carboxylic acids is 1. The van der Waals surface area contributed by atoms with Crippen molar-refractivity contribution in [2.24, 2.45) is 0 Å². The molecule has 0 spiro atoms. The van der Waals surface area contributed by atoms with Crippen LogP contribution in [0.15, 0.2) is 40.2 Å². The van der Waals surface area contributed by atoms with E-state index in [0.29, 0.717) is 28.4 Å². The SMILES string of the molecule is CCC(=O)[O-].CN(C)CCCNS(=O)(=O)c1ccc2[nH]c(=O)c3[nH]ccc3c2c1. The van der Waals surface area contributed by atoms with Crippen LogP contribution in [0, 0.1) is 0 Å². The minimum absolute atomic E-state index is 0.111. The zero-order valence-corrected chi connectivity index (χ0v) is 17.4. The summed E-state index contributed by atoms with van der Waals surface area (Å²) in [4.78, 5) is 29.0. The molecule has 0 saturated carbocycles. The van der Waals surface area contributed by atoms with Gasteiger partial charge in [0.25, 0.3) is 5.56 Å². The first-order valence-corrected chi connectivity index (χ1v) is 10.6. The molecule has 10 heteroatoms. The molecule has 2 aromatic heterocycles. The largest absolute Gasteiger partial charge is 0.550 e. The Kier molecular flexibility index (Phi) is 7.54. The monoisotopic (exact) mass is 421 g/mol. The third kappa shape index (κ3) is 5.89. The van der Waals surface area contributed by atoms with Gasteiger partial charge in [0, 0.05) is 35.0 Å². The van der Waals surface area contributed by atoms with Crippen molar-refractivity contribution in [3.05, 3.63) is 40.8 Å². The van der Waals surface area contributed by atoms with Crippen molar-refractivity contribution in [2.45, 2.75) is 24.7 Å². The number of hydrogen-bond donors (Lipinski definition) is 3. The fraction of sp³-hybridized carbons (Fsp3) is 0.368. The maximum absolute atomic E-state index is 12.5. The van der Waals surface area contributed by atoms with E-state index in [1.807, 2.05) is 19.0 Å². The molecule has 2 heterocycles. The number of benzene rings is 1. The van der Waals surface area contributed by atoms with E-state index in [9.17, 15) is 23.1 Å². The highest BCUT2D eigenvalue weighted by Gasteiger charge is 2.15. The smallest absolute Gasteiger partial charge is 0.272 e. The Morgan fingerprint density at radius 3 is 2.52 bits per heavy atom. The second-order valence-electron chi connectivity index (χ2n) is 6.71. The molecule has 0 saturated heterocycles. The molecule has 0 bridgehead atoms. The lowest BCUT2D eigenvalue weighted by Gasteiger charge is -2.11. The van der Waals surface area contributed by atoms with Gasteiger partial charge in [0.1, 0.15) is 5.52 Å². The molecule has 0 atom stereocenters. The van der Waals surface area contributed by atoms with Crippen molar-refractivity contribution in [3.8, 4) is 0 Å². The average Bonchev–Trinajstić information content (AvgIpc) is 3.16. The molecule has 3 N–H and O–H groups in total. The number of nitrogens with zero attached hydrogens (tertiary/aromatic N) is 1. The normalized spacial score (nSPS) is 11.6. The van der Waals surface area contributed by atoms with E-state index in [2.05, 4.69) is 14.7 Å². The molecule has 29 heavy (non-hydrogen) atoms. The quantitative estimate of drug-likeness (QED) is 0.472. The average molecular weight is 421 g/mol. The van der Waals surface area contributed by atoms with E-state index in [4.69, 9.17) is 0 Å². The fourth-order valence-electron chi connectivity index (χ4n) is 2.67. The zero-order chi connectivity index (χ0) is 21.6. The molecule has 0 aliphatic carbocycles. The summed E-state index contributed by atoms with van der Waals surface area (Å²) in [6.45, 7) is 2.73. The molecular weight excluding hydrogens is 396 g/mol. The van der Waals surface area contributed by atoms with Crippen LogP contribution < -0.4 is 15.4 Å². The molecule has 0 amide bonds. The number of carboxylic acid groups (broad SMARTS) is 1. The first kappa shape index (κ1) is 22.6. The molecule has 0 unspecified atom stereocenters. The predicted octanol–water partition coefficient (Wildman–Crippen LogP) is 0.386. The summed E-state index contributed by atoms with van der Waals surface area (Å²) in [5.41, 5.74) is 0.828. The van der Waals surface area contributed by atoms with Crippen LogP contribution in [-0.2, 0) is 14.8 Å². The number of pyridine rings is 1. The highest BCUT2D eigenvalue weighted by molar-refractivity contribution is 7.89. The Balaban J connectivity index is 0.000000537. The molecule has 3 rings (SSSR count). The van der Waals surface area contributed by atoms with Gasteiger partial charge in [-0.3, -0.25) is 4.79 Å². The number of carbonyl (C=O) groups is 1. The Morgan fingerprint density at radius 1 is 1.21 bits per heavy atom.